The van der Waals surface area contributed by atoms with Gasteiger partial charge in [-0.1, -0.05) is 22.6 Å². The monoisotopic (exact) mass is 299 g/mol. The van der Waals surface area contributed by atoms with Gasteiger partial charge >= 0.3 is 6.09 Å². The molecule has 1 aliphatic rings. The van der Waals surface area contributed by atoms with Gasteiger partial charge in [0.25, 0.3) is 0 Å². The van der Waals surface area contributed by atoms with Crippen LogP contribution < -0.4 is 0 Å². The van der Waals surface area contributed by atoms with E-state index in [9.17, 15) is 4.79 Å². The van der Waals surface area contributed by atoms with Crippen molar-refractivity contribution in [3.63, 3.8) is 0 Å². The minimum absolute atomic E-state index is 0.111. The lowest BCUT2D eigenvalue weighted by molar-refractivity contribution is 0.0112. The number of rotatable bonds is 3. The van der Waals surface area contributed by atoms with Gasteiger partial charge in [-0.25, -0.2) is 4.79 Å². The molecule has 1 aliphatic heterocycles. The highest BCUT2D eigenvalue weighted by molar-refractivity contribution is 14.1. The second kappa shape index (κ2) is 5.64. The Morgan fingerprint density at radius 3 is 3.08 bits per heavy atom. The van der Waals surface area contributed by atoms with Crippen LogP contribution in [-0.2, 0) is 4.74 Å². The van der Waals surface area contributed by atoms with E-state index in [1.165, 1.54) is 4.90 Å². The van der Waals surface area contributed by atoms with Crippen molar-refractivity contribution in [2.45, 2.75) is 18.9 Å². The first-order valence-corrected chi connectivity index (χ1v) is 5.92. The number of alkyl halides is 1. The van der Waals surface area contributed by atoms with Gasteiger partial charge in [-0.2, -0.15) is 0 Å². The van der Waals surface area contributed by atoms with Gasteiger partial charge in [0, 0.05) is 11.0 Å². The quantitative estimate of drug-likeness (QED) is 0.636. The van der Waals surface area contributed by atoms with Gasteiger partial charge < -0.3 is 14.7 Å². The minimum atomic E-state index is -0.831. The Bertz CT molecular complexity index is 177. The minimum Gasteiger partial charge on any atom is -0.465 e. The van der Waals surface area contributed by atoms with Crippen molar-refractivity contribution in [1.29, 1.82) is 0 Å². The fourth-order valence-electron chi connectivity index (χ4n) is 1.46. The third-order valence-corrected chi connectivity index (χ3v) is 2.52. The van der Waals surface area contributed by atoms with Crippen molar-refractivity contribution in [3.8, 4) is 0 Å². The molecule has 0 aromatic carbocycles. The predicted octanol–water partition coefficient (Wildman–Crippen LogP) is 1.58. The zero-order valence-corrected chi connectivity index (χ0v) is 9.57. The van der Waals surface area contributed by atoms with E-state index >= 15 is 0 Å². The van der Waals surface area contributed by atoms with E-state index in [1.807, 2.05) is 0 Å². The van der Waals surface area contributed by atoms with Crippen LogP contribution in [0.3, 0.4) is 0 Å². The third-order valence-electron chi connectivity index (χ3n) is 2.08. The van der Waals surface area contributed by atoms with Crippen LogP contribution in [0, 0.1) is 0 Å². The van der Waals surface area contributed by atoms with Crippen LogP contribution >= 0.6 is 22.6 Å². The Morgan fingerprint density at radius 2 is 2.46 bits per heavy atom. The molecule has 13 heavy (non-hydrogen) atoms. The zero-order chi connectivity index (χ0) is 9.68. The van der Waals surface area contributed by atoms with Gasteiger partial charge in [0.2, 0.25) is 0 Å². The van der Waals surface area contributed by atoms with E-state index in [0.717, 1.165) is 23.9 Å². The van der Waals surface area contributed by atoms with Gasteiger partial charge in [-0.15, -0.1) is 0 Å². The van der Waals surface area contributed by atoms with Crippen LogP contribution in [-0.4, -0.2) is 46.3 Å². The lowest BCUT2D eigenvalue weighted by Gasteiger charge is -2.30. The van der Waals surface area contributed by atoms with Crippen LogP contribution in [0.5, 0.6) is 0 Å². The first-order valence-electron chi connectivity index (χ1n) is 4.39. The number of nitrogens with zero attached hydrogens (tertiary/aromatic N) is 1. The lowest BCUT2D eigenvalue weighted by Crippen LogP contribution is -2.42. The number of likely N-dealkylation sites (tertiary alicyclic amines) is 1. The van der Waals surface area contributed by atoms with Crippen molar-refractivity contribution >= 4 is 28.7 Å². The van der Waals surface area contributed by atoms with Crippen LogP contribution in [0.2, 0.25) is 0 Å². The molecule has 1 N–H and O–H groups in total. The molecule has 0 aromatic rings. The van der Waals surface area contributed by atoms with Crippen molar-refractivity contribution in [1.82, 2.24) is 4.90 Å². The van der Waals surface area contributed by atoms with E-state index in [1.54, 1.807) is 0 Å². The maximum atomic E-state index is 10.6. The molecule has 1 saturated heterocycles. The third kappa shape index (κ3) is 3.68. The summed E-state index contributed by atoms with van der Waals surface area (Å²) in [6.07, 6.45) is 1.18. The lowest BCUT2D eigenvalue weighted by atomic mass is 10.1. The van der Waals surface area contributed by atoms with Crippen LogP contribution in [0.25, 0.3) is 0 Å². The Kier molecular flexibility index (Phi) is 4.79. The summed E-state index contributed by atoms with van der Waals surface area (Å²) in [5.74, 6) is 0. The number of hydrogen-bond acceptors (Lipinski definition) is 2. The van der Waals surface area contributed by atoms with Gasteiger partial charge in [-0.3, -0.25) is 0 Å². The number of ether oxygens (including phenoxy) is 1. The molecule has 0 spiro atoms. The van der Waals surface area contributed by atoms with E-state index in [4.69, 9.17) is 9.84 Å². The number of amides is 1. The highest BCUT2D eigenvalue weighted by Crippen LogP contribution is 2.13. The molecule has 5 heteroatoms. The number of carbonyl (C=O) groups is 1. The van der Waals surface area contributed by atoms with E-state index in [-0.39, 0.29) is 6.10 Å². The molecule has 1 fully saturated rings. The van der Waals surface area contributed by atoms with Crippen molar-refractivity contribution < 1.29 is 14.6 Å². The molecule has 0 radical (unpaired) electrons. The topological polar surface area (TPSA) is 49.8 Å². The fourth-order valence-corrected chi connectivity index (χ4v) is 1.71. The number of hydrogen-bond donors (Lipinski definition) is 1. The molecule has 1 heterocycles. The maximum Gasteiger partial charge on any atom is 0.407 e. The Morgan fingerprint density at radius 1 is 1.69 bits per heavy atom. The average molecular weight is 299 g/mol. The molecule has 76 valence electrons. The maximum absolute atomic E-state index is 10.6. The second-order valence-corrected chi connectivity index (χ2v) is 4.13. The summed E-state index contributed by atoms with van der Waals surface area (Å²) in [6.45, 7) is 1.91. The Balaban J connectivity index is 2.29. The first kappa shape index (κ1) is 11.0. The van der Waals surface area contributed by atoms with Gasteiger partial charge in [-0.05, 0) is 12.8 Å². The summed E-state index contributed by atoms with van der Waals surface area (Å²) in [7, 11) is 0. The number of piperidine rings is 1. The standard InChI is InChI=1S/C8H14INO3/c9-3-5-13-7-2-1-4-10(6-7)8(11)12/h7H,1-6H2,(H,11,12). The summed E-state index contributed by atoms with van der Waals surface area (Å²) < 4.78 is 6.46. The molecule has 0 aliphatic carbocycles. The first-order chi connectivity index (χ1) is 6.24. The van der Waals surface area contributed by atoms with E-state index < -0.39 is 6.09 Å². The molecule has 0 bridgehead atoms. The molecule has 0 aromatic heterocycles. The SMILES string of the molecule is O=C(O)N1CCCC(OCCI)C1. The normalized spacial score (nSPS) is 23.2. The summed E-state index contributed by atoms with van der Waals surface area (Å²) in [5.41, 5.74) is 0. The summed E-state index contributed by atoms with van der Waals surface area (Å²) in [6, 6.07) is 0. The summed E-state index contributed by atoms with van der Waals surface area (Å²) in [5, 5.41) is 8.75. The Labute approximate surface area is 91.4 Å². The number of carboxylic acid groups (broad SMARTS) is 1. The zero-order valence-electron chi connectivity index (χ0n) is 7.41. The van der Waals surface area contributed by atoms with Gasteiger partial charge in [0.1, 0.15) is 0 Å². The molecular weight excluding hydrogens is 285 g/mol. The van der Waals surface area contributed by atoms with Crippen molar-refractivity contribution in [3.05, 3.63) is 0 Å². The highest BCUT2D eigenvalue weighted by atomic mass is 127. The van der Waals surface area contributed by atoms with Crippen molar-refractivity contribution in [2.24, 2.45) is 0 Å². The van der Waals surface area contributed by atoms with Crippen molar-refractivity contribution in [2.75, 3.05) is 24.1 Å². The smallest absolute Gasteiger partial charge is 0.407 e. The predicted molar refractivity (Wildman–Crippen MR) is 57.5 cm³/mol. The van der Waals surface area contributed by atoms with E-state index in [2.05, 4.69) is 22.6 Å². The Hall–Kier alpha value is -0.0400. The largest absolute Gasteiger partial charge is 0.465 e. The average Bonchev–Trinajstić information content (AvgIpc) is 2.15. The second-order valence-electron chi connectivity index (χ2n) is 3.05. The van der Waals surface area contributed by atoms with Gasteiger partial charge in [0.05, 0.1) is 19.3 Å². The van der Waals surface area contributed by atoms with Crippen LogP contribution in [0.15, 0.2) is 0 Å². The molecule has 1 unspecified atom stereocenters. The van der Waals surface area contributed by atoms with Gasteiger partial charge in [0.15, 0.2) is 0 Å². The fraction of sp³-hybridized carbons (Fsp3) is 0.875. The molecule has 1 rings (SSSR count). The molecular formula is C8H14INO3. The highest BCUT2D eigenvalue weighted by Gasteiger charge is 2.23. The summed E-state index contributed by atoms with van der Waals surface area (Å²) in [4.78, 5) is 12.1. The van der Waals surface area contributed by atoms with Crippen LogP contribution in [0.4, 0.5) is 4.79 Å². The summed E-state index contributed by atoms with van der Waals surface area (Å²) >= 11 is 2.25. The molecule has 0 saturated carbocycles. The van der Waals surface area contributed by atoms with Crippen LogP contribution in [0.1, 0.15) is 12.8 Å². The van der Waals surface area contributed by atoms with E-state index in [0.29, 0.717) is 13.1 Å². The molecule has 1 atom stereocenters. The number of halogens is 1. The molecule has 1 amide bonds. The molecule has 4 nitrogen and oxygen atoms in total.